The van der Waals surface area contributed by atoms with E-state index in [1.165, 1.54) is 18.3 Å². The van der Waals surface area contributed by atoms with Gasteiger partial charge in [0.1, 0.15) is 5.82 Å². The Bertz CT molecular complexity index is 1250. The second-order valence-electron chi connectivity index (χ2n) is 8.46. The number of morpholine rings is 1. The van der Waals surface area contributed by atoms with Crippen molar-refractivity contribution >= 4 is 29.4 Å². The topological polar surface area (TPSA) is 82.5 Å². The molecule has 0 amide bonds. The van der Waals surface area contributed by atoms with Crippen LogP contribution in [0, 0.1) is 11.6 Å². The molecule has 14 heteroatoms. The third-order valence-corrected chi connectivity index (χ3v) is 6.04. The summed E-state index contributed by atoms with van der Waals surface area (Å²) >= 11 is 0. The first-order chi connectivity index (χ1) is 17.8. The molecule has 0 bridgehead atoms. The molecule has 196 valence electrons. The van der Waals surface area contributed by atoms with Gasteiger partial charge < -0.3 is 24.8 Å². The number of halogens is 5. The van der Waals surface area contributed by atoms with Crippen LogP contribution in [0.5, 0.6) is 0 Å². The van der Waals surface area contributed by atoms with Crippen LogP contribution in [0.3, 0.4) is 0 Å². The van der Waals surface area contributed by atoms with Crippen LogP contribution in [0.1, 0.15) is 5.56 Å². The smallest absolute Gasteiger partial charge is 0.378 e. The van der Waals surface area contributed by atoms with Crippen molar-refractivity contribution in [1.82, 2.24) is 19.9 Å². The van der Waals surface area contributed by atoms with E-state index in [0.717, 1.165) is 18.2 Å². The Hall–Kier alpha value is -3.81. The van der Waals surface area contributed by atoms with Gasteiger partial charge in [-0.15, -0.1) is 0 Å². The van der Waals surface area contributed by atoms with Gasteiger partial charge in [-0.3, -0.25) is 0 Å². The van der Waals surface area contributed by atoms with Crippen LogP contribution in [0.4, 0.5) is 51.3 Å². The number of nitrogens with zero attached hydrogens (tertiary/aromatic N) is 7. The van der Waals surface area contributed by atoms with Gasteiger partial charge in [-0.25, -0.2) is 13.8 Å². The van der Waals surface area contributed by atoms with Crippen LogP contribution in [0.15, 0.2) is 36.5 Å². The van der Waals surface area contributed by atoms with E-state index in [-0.39, 0.29) is 30.5 Å². The minimum atomic E-state index is -4.51. The summed E-state index contributed by atoms with van der Waals surface area (Å²) in [7, 11) is 0. The number of rotatable bonds is 5. The Kier molecular flexibility index (Phi) is 6.91. The van der Waals surface area contributed by atoms with Gasteiger partial charge in [0.2, 0.25) is 17.8 Å². The Morgan fingerprint density at radius 3 is 2.08 bits per heavy atom. The van der Waals surface area contributed by atoms with E-state index in [1.54, 1.807) is 4.90 Å². The summed E-state index contributed by atoms with van der Waals surface area (Å²) in [4.78, 5) is 22.8. The fraction of sp³-hybridized carbons (Fsp3) is 0.391. The summed E-state index contributed by atoms with van der Waals surface area (Å²) in [6.07, 6.45) is -3.17. The van der Waals surface area contributed by atoms with Crippen LogP contribution < -0.4 is 20.0 Å². The molecule has 0 unspecified atom stereocenters. The Balaban J connectivity index is 1.38. The molecule has 0 saturated carbocycles. The molecular weight excluding hydrogens is 499 g/mol. The maximum atomic E-state index is 13.7. The zero-order valence-electron chi connectivity index (χ0n) is 19.5. The maximum absolute atomic E-state index is 13.7. The highest BCUT2D eigenvalue weighted by Crippen LogP contribution is 2.35. The van der Waals surface area contributed by atoms with Crippen molar-refractivity contribution in [1.29, 1.82) is 0 Å². The normalized spacial score (nSPS) is 16.7. The second-order valence-corrected chi connectivity index (χ2v) is 8.46. The van der Waals surface area contributed by atoms with Crippen LogP contribution in [-0.4, -0.2) is 72.4 Å². The Labute approximate surface area is 208 Å². The molecule has 1 aromatic carbocycles. The van der Waals surface area contributed by atoms with Gasteiger partial charge in [-0.1, -0.05) is 0 Å². The first kappa shape index (κ1) is 24.9. The number of benzene rings is 1. The minimum Gasteiger partial charge on any atom is -0.378 e. The number of anilines is 5. The minimum absolute atomic E-state index is 0.111. The number of nitrogens with one attached hydrogen (secondary N) is 1. The maximum Gasteiger partial charge on any atom is 0.419 e. The molecule has 1 N–H and O–H groups in total. The molecule has 0 aliphatic carbocycles. The molecule has 0 radical (unpaired) electrons. The van der Waals surface area contributed by atoms with E-state index < -0.39 is 23.4 Å². The number of ether oxygens (including phenoxy) is 1. The number of hydrogen-bond acceptors (Lipinski definition) is 9. The van der Waals surface area contributed by atoms with E-state index in [9.17, 15) is 22.0 Å². The molecule has 5 rings (SSSR count). The van der Waals surface area contributed by atoms with Crippen molar-refractivity contribution in [2.45, 2.75) is 6.18 Å². The van der Waals surface area contributed by atoms with Gasteiger partial charge >= 0.3 is 6.18 Å². The molecule has 2 aliphatic heterocycles. The van der Waals surface area contributed by atoms with Crippen LogP contribution >= 0.6 is 0 Å². The van der Waals surface area contributed by atoms with E-state index >= 15 is 0 Å². The molecule has 4 heterocycles. The lowest BCUT2D eigenvalue weighted by atomic mass is 10.2. The van der Waals surface area contributed by atoms with Crippen molar-refractivity contribution in [2.24, 2.45) is 0 Å². The highest BCUT2D eigenvalue weighted by molar-refractivity contribution is 5.57. The largest absolute Gasteiger partial charge is 0.419 e. The summed E-state index contributed by atoms with van der Waals surface area (Å²) in [6.45, 7) is 3.32. The zero-order chi connectivity index (χ0) is 26.0. The first-order valence-corrected chi connectivity index (χ1v) is 11.6. The standard InChI is InChI=1S/C23H23F5N8O/c24-17-4-3-15(14-18(17)25)30-20-31-21(33-22(32-20)36-10-12-37-13-11-36)35-8-6-34(7-9-35)19-16(23(26,27)28)2-1-5-29-19/h1-5,14H,6-13H2,(H,30,31,32,33). The SMILES string of the molecule is Fc1ccc(Nc2nc(N3CCOCC3)nc(N3CCN(c4ncccc4C(F)(F)F)CC3)n2)cc1F. The molecule has 2 aliphatic rings. The average Bonchev–Trinajstić information content (AvgIpc) is 2.91. The average molecular weight is 522 g/mol. The predicted molar refractivity (Wildman–Crippen MR) is 126 cm³/mol. The third kappa shape index (κ3) is 5.63. The van der Waals surface area contributed by atoms with E-state index in [1.807, 2.05) is 9.80 Å². The van der Waals surface area contributed by atoms with Gasteiger partial charge in [0.15, 0.2) is 11.6 Å². The highest BCUT2D eigenvalue weighted by Gasteiger charge is 2.36. The van der Waals surface area contributed by atoms with Crippen molar-refractivity contribution < 1.29 is 26.7 Å². The molecule has 9 nitrogen and oxygen atoms in total. The van der Waals surface area contributed by atoms with Gasteiger partial charge in [0, 0.05) is 57.2 Å². The lowest BCUT2D eigenvalue weighted by Gasteiger charge is -2.36. The second kappa shape index (κ2) is 10.3. The monoisotopic (exact) mass is 522 g/mol. The van der Waals surface area contributed by atoms with Crippen LogP contribution in [0.25, 0.3) is 0 Å². The molecule has 0 atom stereocenters. The molecule has 2 fully saturated rings. The fourth-order valence-corrected chi connectivity index (χ4v) is 4.15. The van der Waals surface area contributed by atoms with Crippen molar-refractivity contribution in [3.05, 3.63) is 53.7 Å². The van der Waals surface area contributed by atoms with Gasteiger partial charge in [0.05, 0.1) is 18.8 Å². The van der Waals surface area contributed by atoms with E-state index in [0.29, 0.717) is 51.3 Å². The summed E-state index contributed by atoms with van der Waals surface area (Å²) in [5.41, 5.74) is -0.528. The van der Waals surface area contributed by atoms with Crippen molar-refractivity contribution in [2.75, 3.05) is 72.5 Å². The highest BCUT2D eigenvalue weighted by atomic mass is 19.4. The Morgan fingerprint density at radius 2 is 1.43 bits per heavy atom. The Morgan fingerprint density at radius 1 is 0.784 bits per heavy atom. The molecule has 37 heavy (non-hydrogen) atoms. The summed E-state index contributed by atoms with van der Waals surface area (Å²) in [5, 5.41) is 2.89. The zero-order valence-corrected chi connectivity index (χ0v) is 19.5. The quantitative estimate of drug-likeness (QED) is 0.507. The third-order valence-electron chi connectivity index (χ3n) is 6.04. The molecule has 0 spiro atoms. The summed E-state index contributed by atoms with van der Waals surface area (Å²) in [5.74, 6) is -1.28. The van der Waals surface area contributed by atoms with Crippen LogP contribution in [0.2, 0.25) is 0 Å². The summed E-state index contributed by atoms with van der Waals surface area (Å²) < 4.78 is 72.9. The molecule has 3 aromatic rings. The predicted octanol–water partition coefficient (Wildman–Crippen LogP) is 3.47. The molecular formula is C23H23F5N8O. The first-order valence-electron chi connectivity index (χ1n) is 11.6. The number of alkyl halides is 3. The number of piperazine rings is 1. The van der Waals surface area contributed by atoms with E-state index in [2.05, 4.69) is 25.3 Å². The summed E-state index contributed by atoms with van der Waals surface area (Å²) in [6, 6.07) is 5.64. The lowest BCUT2D eigenvalue weighted by molar-refractivity contribution is -0.137. The van der Waals surface area contributed by atoms with Crippen LogP contribution in [-0.2, 0) is 10.9 Å². The number of pyridine rings is 1. The lowest BCUT2D eigenvalue weighted by Crippen LogP contribution is -2.48. The van der Waals surface area contributed by atoms with Gasteiger partial charge in [0.25, 0.3) is 0 Å². The molecule has 2 saturated heterocycles. The van der Waals surface area contributed by atoms with Gasteiger partial charge in [-0.05, 0) is 24.3 Å². The fourth-order valence-electron chi connectivity index (χ4n) is 4.15. The van der Waals surface area contributed by atoms with Crippen molar-refractivity contribution in [3.8, 4) is 0 Å². The molecule has 2 aromatic heterocycles. The van der Waals surface area contributed by atoms with E-state index in [4.69, 9.17) is 4.74 Å². The van der Waals surface area contributed by atoms with Crippen molar-refractivity contribution in [3.63, 3.8) is 0 Å². The number of hydrogen-bond donors (Lipinski definition) is 1. The number of aromatic nitrogens is 4. The van der Waals surface area contributed by atoms with Gasteiger partial charge in [-0.2, -0.15) is 28.1 Å².